The van der Waals surface area contributed by atoms with Crippen LogP contribution in [0.15, 0.2) is 78.9 Å². The summed E-state index contributed by atoms with van der Waals surface area (Å²) in [6, 6.07) is 18.1. The fourth-order valence-corrected chi connectivity index (χ4v) is 4.78. The minimum Gasteiger partial charge on any atom is -0.489 e. The number of benzene rings is 3. The van der Waals surface area contributed by atoms with Crippen LogP contribution in [0.3, 0.4) is 0 Å². The van der Waals surface area contributed by atoms with Gasteiger partial charge in [0, 0.05) is 23.2 Å². The van der Waals surface area contributed by atoms with Crippen molar-refractivity contribution in [2.75, 3.05) is 38.1 Å². The number of esters is 1. The lowest BCUT2D eigenvalue weighted by Crippen LogP contribution is -2.54. The Bertz CT molecular complexity index is 1930. The predicted octanol–water partition coefficient (Wildman–Crippen LogP) is 0.640. The maximum Gasteiger partial charge on any atom is 0.471 e. The molecule has 20 heteroatoms. The number of nitrogens with one attached hydrogen (secondary N) is 7. The largest absolute Gasteiger partial charge is 0.489 e. The van der Waals surface area contributed by atoms with E-state index in [1.165, 1.54) is 18.2 Å². The first-order valence-corrected chi connectivity index (χ1v) is 17.6. The second kappa shape index (κ2) is 22.5. The Balaban J connectivity index is 1.70. The number of halogens is 3. The molecule has 17 nitrogen and oxygen atoms in total. The monoisotopic (exact) mass is 813 g/mol. The van der Waals surface area contributed by atoms with E-state index in [-0.39, 0.29) is 37.4 Å². The van der Waals surface area contributed by atoms with Gasteiger partial charge in [-0.25, -0.2) is 0 Å². The van der Waals surface area contributed by atoms with Gasteiger partial charge in [0.05, 0.1) is 26.2 Å². The van der Waals surface area contributed by atoms with Crippen molar-refractivity contribution in [2.24, 2.45) is 0 Å². The Morgan fingerprint density at radius 2 is 1.26 bits per heavy atom. The summed E-state index contributed by atoms with van der Waals surface area (Å²) < 4.78 is 48.9. The number of alkyl halides is 3. The second-order valence-electron chi connectivity index (χ2n) is 12.2. The van der Waals surface area contributed by atoms with Crippen LogP contribution in [0.1, 0.15) is 35.3 Å². The first-order chi connectivity index (χ1) is 27.5. The van der Waals surface area contributed by atoms with E-state index in [4.69, 9.17) is 4.74 Å². The minimum atomic E-state index is -5.24. The number of hydrogen-bond acceptors (Lipinski definition) is 10. The zero-order valence-corrected chi connectivity index (χ0v) is 31.3. The first-order valence-electron chi connectivity index (χ1n) is 17.6. The molecule has 310 valence electrons. The molecule has 3 rings (SSSR count). The molecule has 0 aliphatic carbocycles. The summed E-state index contributed by atoms with van der Waals surface area (Å²) in [5, 5.41) is 15.7. The van der Waals surface area contributed by atoms with Crippen molar-refractivity contribution in [1.29, 1.82) is 0 Å². The molecule has 3 aromatic carbocycles. The van der Waals surface area contributed by atoms with E-state index >= 15 is 0 Å². The van der Waals surface area contributed by atoms with Gasteiger partial charge in [0.15, 0.2) is 0 Å². The zero-order chi connectivity index (χ0) is 42.7. The summed E-state index contributed by atoms with van der Waals surface area (Å²) in [7, 11) is 0. The Morgan fingerprint density at radius 1 is 0.690 bits per heavy atom. The predicted molar refractivity (Wildman–Crippen MR) is 200 cm³/mol. The number of carbonyl (C=O) groups is 8. The van der Waals surface area contributed by atoms with Crippen LogP contribution in [0.25, 0.3) is 0 Å². The van der Waals surface area contributed by atoms with E-state index in [1.807, 2.05) is 0 Å². The van der Waals surface area contributed by atoms with Gasteiger partial charge < -0.3 is 46.7 Å². The highest BCUT2D eigenvalue weighted by atomic mass is 19.4. The highest BCUT2D eigenvalue weighted by molar-refractivity contribution is 6.02. The van der Waals surface area contributed by atoms with Crippen molar-refractivity contribution in [3.05, 3.63) is 95.6 Å². The van der Waals surface area contributed by atoms with Crippen molar-refractivity contribution in [3.8, 4) is 5.75 Å². The first kappa shape index (κ1) is 45.4. The van der Waals surface area contributed by atoms with Gasteiger partial charge >= 0.3 is 18.1 Å². The fourth-order valence-electron chi connectivity index (χ4n) is 4.78. The average Bonchev–Trinajstić information content (AvgIpc) is 3.20. The molecular formula is C38H42F3N7O10. The van der Waals surface area contributed by atoms with E-state index in [2.05, 4.69) is 36.6 Å². The molecule has 7 N–H and O–H groups in total. The average molecular weight is 814 g/mol. The van der Waals surface area contributed by atoms with Gasteiger partial charge in [0.1, 0.15) is 31.0 Å². The van der Waals surface area contributed by atoms with E-state index in [0.717, 1.165) is 6.92 Å². The molecule has 7 amide bonds. The molecule has 0 saturated heterocycles. The molecule has 0 heterocycles. The number of hydrogen-bond donors (Lipinski definition) is 7. The molecule has 2 atom stereocenters. The second-order valence-corrected chi connectivity index (χ2v) is 12.2. The molecule has 0 aromatic heterocycles. The molecule has 0 aliphatic heterocycles. The van der Waals surface area contributed by atoms with Crippen LogP contribution in [0, 0.1) is 0 Å². The molecule has 0 aliphatic rings. The minimum absolute atomic E-state index is 0.0414. The molecule has 0 unspecified atom stereocenters. The van der Waals surface area contributed by atoms with Gasteiger partial charge in [-0.1, -0.05) is 54.6 Å². The van der Waals surface area contributed by atoms with Gasteiger partial charge in [-0.15, -0.1) is 0 Å². The summed E-state index contributed by atoms with van der Waals surface area (Å²) in [4.78, 5) is 99.1. The highest BCUT2D eigenvalue weighted by Crippen LogP contribution is 2.20. The van der Waals surface area contributed by atoms with Crippen LogP contribution in [0.2, 0.25) is 0 Å². The summed E-state index contributed by atoms with van der Waals surface area (Å²) in [5.74, 6) is -7.39. The SMILES string of the molecule is CCOC(=O)CNC(=O)CNC(=O)CNC(=O)CNC(=O)c1cc(NC(=O)[C@H](Cc2ccccc2)NC(=O)[C@H](C)NC(=O)C(F)(F)F)ccc1COc1ccccc1. The number of amides is 7. The maximum atomic E-state index is 13.6. The van der Waals surface area contributed by atoms with Crippen molar-refractivity contribution >= 4 is 53.0 Å². The lowest BCUT2D eigenvalue weighted by Gasteiger charge is -2.22. The van der Waals surface area contributed by atoms with Gasteiger partial charge in [0.25, 0.3) is 5.91 Å². The van der Waals surface area contributed by atoms with Crippen molar-refractivity contribution < 1.29 is 61.0 Å². The Labute approximate surface area is 330 Å². The van der Waals surface area contributed by atoms with Gasteiger partial charge in [-0.3, -0.25) is 38.4 Å². The standard InChI is InChI=1S/C38H42F3N7O10/c1-3-57-33(52)21-44-31(50)19-42-30(49)18-43-32(51)20-45-35(54)28-17-26(15-14-25(28)22-58-27-12-8-5-9-13-27)47-36(55)29(16-24-10-6-4-7-11-24)48-34(53)23(2)46-37(56)38(39,40)41/h4-15,17,23,29H,3,16,18-22H2,1-2H3,(H,42,49)(H,43,51)(H,44,50)(H,45,54)(H,46,56)(H,47,55)(H,48,53)/t23-,29-/m0/s1. The quantitative estimate of drug-likeness (QED) is 0.0786. The van der Waals surface area contributed by atoms with E-state index < -0.39 is 85.2 Å². The van der Waals surface area contributed by atoms with Crippen molar-refractivity contribution in [3.63, 3.8) is 0 Å². The molecule has 3 aromatic rings. The van der Waals surface area contributed by atoms with Crippen molar-refractivity contribution in [1.82, 2.24) is 31.9 Å². The number of carbonyl (C=O) groups excluding carboxylic acids is 8. The molecular weight excluding hydrogens is 771 g/mol. The number of ether oxygens (including phenoxy) is 2. The highest BCUT2D eigenvalue weighted by Gasteiger charge is 2.40. The topological polar surface area (TPSA) is 239 Å². The molecule has 0 fully saturated rings. The van der Waals surface area contributed by atoms with Gasteiger partial charge in [-0.2, -0.15) is 13.2 Å². The summed E-state index contributed by atoms with van der Waals surface area (Å²) >= 11 is 0. The van der Waals surface area contributed by atoms with Crippen LogP contribution in [0.4, 0.5) is 18.9 Å². The van der Waals surface area contributed by atoms with Gasteiger partial charge in [0.2, 0.25) is 29.5 Å². The van der Waals surface area contributed by atoms with Crippen LogP contribution in [0.5, 0.6) is 5.75 Å². The Hall–Kier alpha value is -6.99. The summed E-state index contributed by atoms with van der Waals surface area (Å²) in [6.45, 7) is 0.595. The van der Waals surface area contributed by atoms with E-state index in [9.17, 15) is 51.5 Å². The third-order valence-electron chi connectivity index (χ3n) is 7.71. The van der Waals surface area contributed by atoms with Crippen LogP contribution < -0.4 is 42.0 Å². The maximum absolute atomic E-state index is 13.6. The smallest absolute Gasteiger partial charge is 0.471 e. The molecule has 0 spiro atoms. The molecule has 58 heavy (non-hydrogen) atoms. The third kappa shape index (κ3) is 16.0. The molecule has 0 bridgehead atoms. The Kier molecular flexibility index (Phi) is 17.6. The molecule has 0 radical (unpaired) electrons. The third-order valence-corrected chi connectivity index (χ3v) is 7.71. The number of para-hydroxylation sites is 1. The van der Waals surface area contributed by atoms with Gasteiger partial charge in [-0.05, 0) is 43.7 Å². The van der Waals surface area contributed by atoms with E-state index in [1.54, 1.807) is 72.9 Å². The number of anilines is 1. The summed E-state index contributed by atoms with van der Waals surface area (Å²) in [6.07, 6.45) is -5.35. The normalized spacial score (nSPS) is 11.7. The lowest BCUT2D eigenvalue weighted by atomic mass is 10.0. The fraction of sp³-hybridized carbons (Fsp3) is 0.316. The van der Waals surface area contributed by atoms with Crippen LogP contribution >= 0.6 is 0 Å². The zero-order valence-electron chi connectivity index (χ0n) is 31.3. The lowest BCUT2D eigenvalue weighted by molar-refractivity contribution is -0.174. The van der Waals surface area contributed by atoms with Crippen molar-refractivity contribution in [2.45, 2.75) is 45.1 Å². The van der Waals surface area contributed by atoms with Crippen LogP contribution in [-0.4, -0.2) is 98.4 Å². The summed E-state index contributed by atoms with van der Waals surface area (Å²) in [5.41, 5.74) is 0.913. The van der Waals surface area contributed by atoms with E-state index in [0.29, 0.717) is 16.9 Å². The Morgan fingerprint density at radius 3 is 1.84 bits per heavy atom. The van der Waals surface area contributed by atoms with Crippen LogP contribution in [-0.2, 0) is 51.3 Å². The molecule has 0 saturated carbocycles. The number of rotatable bonds is 20.